The van der Waals surface area contributed by atoms with Crippen molar-refractivity contribution in [1.82, 2.24) is 5.32 Å². The summed E-state index contributed by atoms with van der Waals surface area (Å²) in [7, 11) is -3.36. The quantitative estimate of drug-likeness (QED) is 0.753. The monoisotopic (exact) mass is 357 g/mol. The second-order valence-electron chi connectivity index (χ2n) is 4.36. The van der Waals surface area contributed by atoms with Crippen LogP contribution in [0.1, 0.15) is 11.7 Å². The highest BCUT2D eigenvalue weighted by atomic mass is 35.5. The van der Waals surface area contributed by atoms with Crippen molar-refractivity contribution in [1.29, 1.82) is 0 Å². The van der Waals surface area contributed by atoms with Crippen molar-refractivity contribution in [2.24, 2.45) is 0 Å². The molecule has 1 unspecified atom stereocenters. The number of halogens is 3. The summed E-state index contributed by atoms with van der Waals surface area (Å²) in [6.07, 6.45) is -0.316. The molecule has 0 spiro atoms. The predicted molar refractivity (Wildman–Crippen MR) is 77.9 cm³/mol. The first-order chi connectivity index (χ1) is 9.66. The van der Waals surface area contributed by atoms with Gasteiger partial charge in [0.2, 0.25) is 0 Å². The fourth-order valence-corrected chi connectivity index (χ4v) is 2.35. The zero-order valence-corrected chi connectivity index (χ0v) is 13.3. The lowest BCUT2D eigenvalue weighted by atomic mass is 10.0. The largest absolute Gasteiger partial charge is 0.386 e. The molecule has 0 aliphatic carbocycles. The van der Waals surface area contributed by atoms with Crippen LogP contribution in [0.5, 0.6) is 0 Å². The maximum atomic E-state index is 12.9. The van der Waals surface area contributed by atoms with Gasteiger partial charge in [-0.3, -0.25) is 4.79 Å². The maximum absolute atomic E-state index is 12.9. The van der Waals surface area contributed by atoms with E-state index in [9.17, 15) is 22.7 Å². The summed E-state index contributed by atoms with van der Waals surface area (Å²) in [5, 5.41) is 12.2. The van der Waals surface area contributed by atoms with Crippen LogP contribution in [-0.4, -0.2) is 43.2 Å². The number of hydrogen-bond acceptors (Lipinski definition) is 4. The molecule has 0 heterocycles. The van der Waals surface area contributed by atoms with Gasteiger partial charge in [-0.25, -0.2) is 12.8 Å². The van der Waals surface area contributed by atoms with Crippen LogP contribution in [0.15, 0.2) is 29.2 Å². The van der Waals surface area contributed by atoms with Gasteiger partial charge >= 0.3 is 0 Å². The molecule has 5 nitrogen and oxygen atoms in total. The summed E-state index contributed by atoms with van der Waals surface area (Å²) in [4.78, 5) is 10.00. The molecule has 1 aromatic rings. The smallest absolute Gasteiger partial charge is 0.253 e. The van der Waals surface area contributed by atoms with E-state index in [4.69, 9.17) is 23.2 Å². The third kappa shape index (κ3) is 5.10. The molecule has 9 heteroatoms. The molecule has 118 valence electrons. The molecule has 0 bridgehead atoms. The van der Waals surface area contributed by atoms with Crippen LogP contribution in [0.25, 0.3) is 0 Å². The number of aliphatic hydroxyl groups is 1. The first-order valence-electron chi connectivity index (χ1n) is 5.79. The van der Waals surface area contributed by atoms with Gasteiger partial charge in [-0.15, -0.1) is 0 Å². The zero-order chi connectivity index (χ0) is 16.2. The Bertz CT molecular complexity index is 592. The molecule has 0 aliphatic rings. The molecule has 0 saturated heterocycles. The van der Waals surface area contributed by atoms with Crippen molar-refractivity contribution in [3.8, 4) is 0 Å². The number of rotatable bonds is 6. The third-order valence-electron chi connectivity index (χ3n) is 2.72. The average Bonchev–Trinajstić information content (AvgIpc) is 2.42. The van der Waals surface area contributed by atoms with E-state index in [-0.39, 0.29) is 10.5 Å². The normalized spacial score (nSPS) is 14.8. The van der Waals surface area contributed by atoms with Gasteiger partial charge in [0.25, 0.3) is 5.91 Å². The lowest BCUT2D eigenvalue weighted by Crippen LogP contribution is -2.43. The number of sulfone groups is 1. The summed E-state index contributed by atoms with van der Waals surface area (Å²) in [5.41, 5.74) is 0.256. The molecule has 2 atom stereocenters. The molecular weight excluding hydrogens is 344 g/mol. The van der Waals surface area contributed by atoms with Gasteiger partial charge in [-0.1, -0.05) is 35.3 Å². The van der Waals surface area contributed by atoms with Crippen molar-refractivity contribution in [2.75, 3.05) is 12.9 Å². The van der Waals surface area contributed by atoms with E-state index < -0.39 is 39.4 Å². The summed E-state index contributed by atoms with van der Waals surface area (Å²) in [6, 6.07) is 4.03. The average molecular weight is 358 g/mol. The summed E-state index contributed by atoms with van der Waals surface area (Å²) in [6.45, 7) is -1.04. The number of nitrogens with one attached hydrogen (secondary N) is 1. The molecule has 0 saturated carbocycles. The molecule has 21 heavy (non-hydrogen) atoms. The predicted octanol–water partition coefficient (Wildman–Crippen LogP) is 1.38. The van der Waals surface area contributed by atoms with Crippen molar-refractivity contribution in [2.45, 2.75) is 21.9 Å². The second-order valence-corrected chi connectivity index (χ2v) is 7.47. The number of benzene rings is 1. The molecule has 0 fully saturated rings. The number of hydrogen-bond donors (Lipinski definition) is 2. The van der Waals surface area contributed by atoms with Crippen LogP contribution in [0.4, 0.5) is 4.39 Å². The van der Waals surface area contributed by atoms with E-state index in [2.05, 4.69) is 5.32 Å². The Labute approximate surface area is 132 Å². The third-order valence-corrected chi connectivity index (χ3v) is 4.25. The van der Waals surface area contributed by atoms with Crippen LogP contribution < -0.4 is 5.32 Å². The van der Waals surface area contributed by atoms with E-state index in [0.717, 1.165) is 6.26 Å². The number of aliphatic hydroxyl groups excluding tert-OH is 1. The van der Waals surface area contributed by atoms with E-state index >= 15 is 0 Å². The van der Waals surface area contributed by atoms with E-state index in [0.29, 0.717) is 0 Å². The number of amides is 1. The Morgan fingerprint density at radius 3 is 2.24 bits per heavy atom. The highest BCUT2D eigenvalue weighted by molar-refractivity contribution is 7.90. The Balaban J connectivity index is 2.90. The van der Waals surface area contributed by atoms with E-state index in [1.807, 2.05) is 0 Å². The highest BCUT2D eigenvalue weighted by Crippen LogP contribution is 2.20. The van der Waals surface area contributed by atoms with Gasteiger partial charge in [0.15, 0.2) is 14.7 Å². The molecule has 1 amide bonds. The first-order valence-corrected chi connectivity index (χ1v) is 8.55. The SMILES string of the molecule is CS(=O)(=O)c1ccc([C@@H](O)C(CF)NC(=O)C(Cl)Cl)cc1. The minimum atomic E-state index is -3.36. The summed E-state index contributed by atoms with van der Waals surface area (Å²) < 4.78 is 35.6. The van der Waals surface area contributed by atoms with Gasteiger partial charge in [-0.2, -0.15) is 0 Å². The van der Waals surface area contributed by atoms with Gasteiger partial charge in [0.05, 0.1) is 10.9 Å². The van der Waals surface area contributed by atoms with Crippen LogP contribution >= 0.6 is 23.2 Å². The molecule has 1 aromatic carbocycles. The zero-order valence-electron chi connectivity index (χ0n) is 11.0. The fraction of sp³-hybridized carbons (Fsp3) is 0.417. The van der Waals surface area contributed by atoms with Gasteiger partial charge in [0.1, 0.15) is 12.8 Å². The summed E-state index contributed by atoms with van der Waals surface area (Å²) >= 11 is 10.7. The minimum absolute atomic E-state index is 0.0702. The number of carbonyl (C=O) groups is 1. The number of carbonyl (C=O) groups excluding carboxylic acids is 1. The summed E-state index contributed by atoms with van der Waals surface area (Å²) in [5.74, 6) is -0.826. The standard InChI is InChI=1S/C12H14Cl2FNO4S/c1-21(19,20)8-4-2-7(3-5-8)10(17)9(6-15)16-12(18)11(13)14/h2-5,9-11,17H,6H2,1H3,(H,16,18)/t9?,10-/m1/s1. The molecule has 0 aromatic heterocycles. The minimum Gasteiger partial charge on any atom is -0.386 e. The van der Waals surface area contributed by atoms with Crippen LogP contribution in [0.2, 0.25) is 0 Å². The van der Waals surface area contributed by atoms with E-state index in [1.165, 1.54) is 24.3 Å². The Kier molecular flexibility index (Phi) is 6.40. The molecular formula is C12H14Cl2FNO4S. The van der Waals surface area contributed by atoms with Crippen molar-refractivity contribution < 1.29 is 22.7 Å². The maximum Gasteiger partial charge on any atom is 0.253 e. The lowest BCUT2D eigenvalue weighted by Gasteiger charge is -2.22. The van der Waals surface area contributed by atoms with E-state index in [1.54, 1.807) is 0 Å². The molecule has 2 N–H and O–H groups in total. The Morgan fingerprint density at radius 2 is 1.86 bits per heavy atom. The second kappa shape index (κ2) is 7.40. The number of alkyl halides is 3. The van der Waals surface area contributed by atoms with Crippen molar-refractivity contribution in [3.05, 3.63) is 29.8 Å². The first kappa shape index (κ1) is 18.2. The fourth-order valence-electron chi connectivity index (χ4n) is 1.59. The highest BCUT2D eigenvalue weighted by Gasteiger charge is 2.25. The van der Waals surface area contributed by atoms with Gasteiger partial charge < -0.3 is 10.4 Å². The van der Waals surface area contributed by atoms with Crippen molar-refractivity contribution in [3.63, 3.8) is 0 Å². The van der Waals surface area contributed by atoms with Crippen LogP contribution in [0, 0.1) is 0 Å². The Hall–Kier alpha value is -0.890. The molecule has 0 aliphatic heterocycles. The van der Waals surface area contributed by atoms with Crippen LogP contribution in [-0.2, 0) is 14.6 Å². The molecule has 0 radical (unpaired) electrons. The lowest BCUT2D eigenvalue weighted by molar-refractivity contribution is -0.121. The van der Waals surface area contributed by atoms with Crippen molar-refractivity contribution >= 4 is 38.9 Å². The van der Waals surface area contributed by atoms with Gasteiger partial charge in [-0.05, 0) is 17.7 Å². The van der Waals surface area contributed by atoms with Gasteiger partial charge in [0, 0.05) is 6.26 Å². The van der Waals surface area contributed by atoms with Crippen LogP contribution in [0.3, 0.4) is 0 Å². The molecule has 1 rings (SSSR count). The Morgan fingerprint density at radius 1 is 1.33 bits per heavy atom. The topological polar surface area (TPSA) is 83.5 Å².